The Bertz CT molecular complexity index is 1980. The van der Waals surface area contributed by atoms with E-state index in [0.717, 1.165) is 28.6 Å². The minimum Gasteiger partial charge on any atom is -0.512 e. The molecule has 2 aliphatic carbocycles. The molecule has 0 amide bonds. The molecule has 1 radical (unpaired) electrons. The third-order valence-electron chi connectivity index (χ3n) is 13.5. The Morgan fingerprint density at radius 1 is 0.759 bits per heavy atom. The number of aliphatic hydroxyl groups is 1. The molecule has 3 nitrogen and oxygen atoms in total. The van der Waals surface area contributed by atoms with E-state index in [2.05, 4.69) is 145 Å². The van der Waals surface area contributed by atoms with Crippen LogP contribution in [-0.2, 0) is 30.3 Å². The molecule has 1 aromatic heterocycles. The Morgan fingerprint density at radius 3 is 1.90 bits per heavy atom. The molecule has 0 spiro atoms. The largest absolute Gasteiger partial charge is 0.512 e. The Hall–Kier alpha value is -2.81. The van der Waals surface area contributed by atoms with Gasteiger partial charge in [0.25, 0.3) is 0 Å². The van der Waals surface area contributed by atoms with Crippen LogP contribution in [0.3, 0.4) is 0 Å². The van der Waals surface area contributed by atoms with E-state index >= 15 is 0 Å². The molecule has 2 fully saturated rings. The van der Waals surface area contributed by atoms with Crippen LogP contribution in [0.25, 0.3) is 32.9 Å². The molecule has 2 aliphatic rings. The molecule has 0 aliphatic heterocycles. The first-order valence-electron chi connectivity index (χ1n) is 22.7. The van der Waals surface area contributed by atoms with E-state index in [0.29, 0.717) is 29.6 Å². The maximum Gasteiger partial charge on any atom is 0.162 e. The van der Waals surface area contributed by atoms with E-state index < -0.39 is 0 Å². The van der Waals surface area contributed by atoms with Crippen LogP contribution >= 0.6 is 0 Å². The quantitative estimate of drug-likeness (QED) is 0.0979. The summed E-state index contributed by atoms with van der Waals surface area (Å²) in [6.07, 6.45) is 14.2. The van der Waals surface area contributed by atoms with Gasteiger partial charge in [0, 0.05) is 49.1 Å². The zero-order chi connectivity index (χ0) is 41.8. The van der Waals surface area contributed by atoms with Crippen molar-refractivity contribution < 1.29 is 30.0 Å². The second-order valence-electron chi connectivity index (χ2n) is 20.5. The minimum atomic E-state index is -0.0119. The van der Waals surface area contributed by atoms with Gasteiger partial charge in [-0.15, -0.1) is 29.1 Å². The van der Waals surface area contributed by atoms with E-state index in [1.807, 2.05) is 0 Å². The van der Waals surface area contributed by atoms with E-state index in [1.165, 1.54) is 102 Å². The number of nitrogens with zero attached hydrogens (tertiary/aromatic N) is 1. The fourth-order valence-electron chi connectivity index (χ4n) is 11.0. The number of benzene rings is 3. The molecule has 4 heteroatoms. The number of carbonyl (C=O) groups excluding carboxylic acids is 1. The molecule has 0 atom stereocenters. The summed E-state index contributed by atoms with van der Waals surface area (Å²) in [5.41, 5.74) is 9.00. The van der Waals surface area contributed by atoms with Crippen LogP contribution in [0.4, 0.5) is 0 Å². The molecule has 1 N–H and O–H groups in total. The standard InChI is InChI=1S/C37H44N.C17H32O2.Ir/c1-24-19-25(2)36-32(28-17-15-27(16-18-28)26-11-7-6-8-12-26)23-34(38-35(36)20-24)30-21-29-13-9-10-14-31(29)33(22-30)37(3,4)5;1-10(2)16(11(3)4)14(18)9-15(19)17(12(5)6)13(7)8;/h9-10,13-14,19-20,22-23,26-28H,6-8,11-12,15-18H2,1-5H3;9-13,16-18H,1-8H3;/q-1;;/b;14-9-;. The third-order valence-corrected chi connectivity index (χ3v) is 13.5. The SMILES string of the molecule is CC(C)C(C(=O)/C=C(\O)C(C(C)C)C(C)C)C(C)C.Cc1cc(C)c2c(C3CCC(C4CCCCC4)CC3)cc(-c3[c-]c4ccccc4c(C(C)(C)C)c3)nc2c1.[Ir]. The first-order valence-corrected chi connectivity index (χ1v) is 22.7. The number of hydrogen-bond acceptors (Lipinski definition) is 3. The van der Waals surface area contributed by atoms with Crippen LogP contribution in [-0.4, -0.2) is 15.9 Å². The molecule has 0 saturated heterocycles. The molecule has 3 aromatic carbocycles. The fraction of sp³-hybridized carbons (Fsp3) is 0.593. The average Bonchev–Trinajstić information content (AvgIpc) is 3.13. The van der Waals surface area contributed by atoms with Gasteiger partial charge in [-0.1, -0.05) is 150 Å². The normalized spacial score (nSPS) is 18.4. The van der Waals surface area contributed by atoms with Gasteiger partial charge >= 0.3 is 0 Å². The first kappa shape index (κ1) is 47.9. The van der Waals surface area contributed by atoms with Crippen molar-refractivity contribution in [2.45, 2.75) is 159 Å². The van der Waals surface area contributed by atoms with Crippen molar-refractivity contribution in [2.75, 3.05) is 0 Å². The number of aromatic nitrogens is 1. The maximum atomic E-state index is 12.3. The topological polar surface area (TPSA) is 50.2 Å². The molecule has 0 bridgehead atoms. The van der Waals surface area contributed by atoms with Gasteiger partial charge < -0.3 is 5.11 Å². The average molecular weight is 963 g/mol. The van der Waals surface area contributed by atoms with E-state index in [1.54, 1.807) is 0 Å². The zero-order valence-electron chi connectivity index (χ0n) is 38.4. The number of pyridine rings is 1. The Morgan fingerprint density at radius 2 is 1.33 bits per heavy atom. The summed E-state index contributed by atoms with van der Waals surface area (Å²) in [6.45, 7) is 28.0. The summed E-state index contributed by atoms with van der Waals surface area (Å²) < 4.78 is 0. The van der Waals surface area contributed by atoms with Crippen LogP contribution in [0.5, 0.6) is 0 Å². The number of ketones is 1. The van der Waals surface area contributed by atoms with Gasteiger partial charge in [0.1, 0.15) is 0 Å². The number of aliphatic hydroxyl groups excluding tert-OH is 1. The second kappa shape index (κ2) is 20.6. The molecular formula is C54H76IrNO2-. The zero-order valence-corrected chi connectivity index (χ0v) is 40.8. The number of fused-ring (bicyclic) bond motifs is 2. The van der Waals surface area contributed by atoms with Gasteiger partial charge in [0.05, 0.1) is 11.3 Å². The molecule has 2 saturated carbocycles. The van der Waals surface area contributed by atoms with Gasteiger partial charge in [-0.25, -0.2) is 0 Å². The van der Waals surface area contributed by atoms with Crippen molar-refractivity contribution in [3.05, 3.63) is 88.7 Å². The van der Waals surface area contributed by atoms with Crippen LogP contribution in [0.2, 0.25) is 0 Å². The molecule has 0 unspecified atom stereocenters. The van der Waals surface area contributed by atoms with Crippen molar-refractivity contribution >= 4 is 27.5 Å². The number of carbonyl (C=O) groups is 1. The summed E-state index contributed by atoms with van der Waals surface area (Å²) in [5.74, 6) is 4.19. The Labute approximate surface area is 367 Å². The predicted octanol–water partition coefficient (Wildman–Crippen LogP) is 15.5. The maximum absolute atomic E-state index is 12.3. The van der Waals surface area contributed by atoms with Crippen LogP contribution < -0.4 is 0 Å². The van der Waals surface area contributed by atoms with Gasteiger partial charge in [-0.3, -0.25) is 9.78 Å². The van der Waals surface area contributed by atoms with Crippen molar-refractivity contribution in [1.29, 1.82) is 0 Å². The summed E-state index contributed by atoms with van der Waals surface area (Å²) in [7, 11) is 0. The smallest absolute Gasteiger partial charge is 0.162 e. The molecule has 58 heavy (non-hydrogen) atoms. The van der Waals surface area contributed by atoms with Crippen LogP contribution in [0.1, 0.15) is 162 Å². The molecule has 4 aromatic rings. The number of hydrogen-bond donors (Lipinski definition) is 1. The Balaban J connectivity index is 0.000000319. The number of allylic oxidation sites excluding steroid dienone is 2. The van der Waals surface area contributed by atoms with Crippen molar-refractivity contribution in [3.8, 4) is 11.3 Å². The number of aryl methyl sites for hydroxylation is 2. The van der Waals surface area contributed by atoms with Crippen molar-refractivity contribution in [2.24, 2.45) is 47.3 Å². The van der Waals surface area contributed by atoms with E-state index in [4.69, 9.17) is 4.98 Å². The summed E-state index contributed by atoms with van der Waals surface area (Å²) in [6, 6.07) is 22.0. The predicted molar refractivity (Wildman–Crippen MR) is 245 cm³/mol. The van der Waals surface area contributed by atoms with Gasteiger partial charge in [0.15, 0.2) is 5.78 Å². The fourth-order valence-corrected chi connectivity index (χ4v) is 11.0. The first-order chi connectivity index (χ1) is 26.9. The molecular weight excluding hydrogens is 887 g/mol. The van der Waals surface area contributed by atoms with Crippen LogP contribution in [0, 0.1) is 67.3 Å². The minimum absolute atomic E-state index is 0. The third kappa shape index (κ3) is 11.5. The second-order valence-corrected chi connectivity index (χ2v) is 20.5. The molecule has 1 heterocycles. The van der Waals surface area contributed by atoms with Gasteiger partial charge in [0.2, 0.25) is 0 Å². The summed E-state index contributed by atoms with van der Waals surface area (Å²) in [5, 5.41) is 14.2. The van der Waals surface area contributed by atoms with Gasteiger partial charge in [-0.2, -0.15) is 0 Å². The van der Waals surface area contributed by atoms with E-state index in [-0.39, 0.29) is 48.9 Å². The van der Waals surface area contributed by atoms with Crippen molar-refractivity contribution in [1.82, 2.24) is 4.98 Å². The van der Waals surface area contributed by atoms with E-state index in [9.17, 15) is 9.90 Å². The van der Waals surface area contributed by atoms with Crippen molar-refractivity contribution in [3.63, 3.8) is 0 Å². The summed E-state index contributed by atoms with van der Waals surface area (Å²) in [4.78, 5) is 17.7. The number of rotatable bonds is 10. The Kier molecular flexibility index (Phi) is 17.0. The summed E-state index contributed by atoms with van der Waals surface area (Å²) >= 11 is 0. The van der Waals surface area contributed by atoms with Crippen LogP contribution in [0.15, 0.2) is 60.4 Å². The monoisotopic (exact) mass is 964 g/mol. The van der Waals surface area contributed by atoms with Gasteiger partial charge in [-0.05, 0) is 109 Å². The molecule has 6 rings (SSSR count). The molecule has 319 valence electrons.